The Morgan fingerprint density at radius 3 is 1.92 bits per heavy atom. The third kappa shape index (κ3) is 16.2. The van der Waals surface area contributed by atoms with E-state index in [1.165, 1.54) is 0 Å². The predicted molar refractivity (Wildman–Crippen MR) is 55.0 cm³/mol. The summed E-state index contributed by atoms with van der Waals surface area (Å²) in [5, 5.41) is 3.10. The molecule has 12 heavy (non-hydrogen) atoms. The molecule has 0 fully saturated rings. The van der Waals surface area contributed by atoms with Crippen LogP contribution in [0.15, 0.2) is 12.5 Å². The molecular weight excluding hydrogens is 150 g/mol. The monoisotopic (exact) mass is 173 g/mol. The van der Waals surface area contributed by atoms with Crippen molar-refractivity contribution in [1.82, 2.24) is 5.32 Å². The summed E-state index contributed by atoms with van der Waals surface area (Å²) in [7, 11) is 0. The van der Waals surface area contributed by atoms with Gasteiger partial charge in [-0.3, -0.25) is 0 Å². The van der Waals surface area contributed by atoms with Gasteiger partial charge in [0.2, 0.25) is 0 Å². The zero-order valence-corrected chi connectivity index (χ0v) is 9.22. The Hall–Kier alpha value is -0.660. The molecule has 2 nitrogen and oxygen atoms in total. The second-order valence-electron chi connectivity index (χ2n) is 2.81. The van der Waals surface area contributed by atoms with E-state index in [2.05, 4.69) is 19.2 Å². The van der Waals surface area contributed by atoms with Crippen LogP contribution in [0.4, 0.5) is 0 Å². The van der Waals surface area contributed by atoms with Crippen molar-refractivity contribution in [2.24, 2.45) is 0 Å². The van der Waals surface area contributed by atoms with Gasteiger partial charge in [0.05, 0.1) is 12.4 Å². The maximum absolute atomic E-state index is 5.15. The minimum Gasteiger partial charge on any atom is -0.497 e. The van der Waals surface area contributed by atoms with Crippen molar-refractivity contribution in [3.8, 4) is 0 Å². The molecule has 0 aliphatic carbocycles. The third-order valence-corrected chi connectivity index (χ3v) is 0.848. The smallest absolute Gasteiger partial charge is 0.0989 e. The molecule has 2 heteroatoms. The van der Waals surface area contributed by atoms with E-state index in [4.69, 9.17) is 4.74 Å². The largest absolute Gasteiger partial charge is 0.497 e. The quantitative estimate of drug-likeness (QED) is 0.660. The van der Waals surface area contributed by atoms with Crippen molar-refractivity contribution in [1.29, 1.82) is 0 Å². The summed E-state index contributed by atoms with van der Waals surface area (Å²) in [4.78, 5) is 0. The van der Waals surface area contributed by atoms with Crippen LogP contribution < -0.4 is 5.32 Å². The summed E-state index contributed by atoms with van der Waals surface area (Å²) in [5.41, 5.74) is 0. The molecule has 0 saturated heterocycles. The summed E-state index contributed by atoms with van der Waals surface area (Å²) >= 11 is 0. The highest BCUT2D eigenvalue weighted by Crippen LogP contribution is 1.87. The van der Waals surface area contributed by atoms with Crippen LogP contribution in [0.2, 0.25) is 0 Å². The molecule has 0 aromatic carbocycles. The summed E-state index contributed by atoms with van der Waals surface area (Å²) in [6, 6.07) is 0.479. The standard InChI is InChI=1S/C8H17NO.C2H6/c1-7(2)9-5-6-10-8(3)4;1-2/h5-9H,1-4H3;1-2H3. The van der Waals surface area contributed by atoms with E-state index >= 15 is 0 Å². The number of rotatable bonds is 4. The van der Waals surface area contributed by atoms with Crippen LogP contribution in [0.5, 0.6) is 0 Å². The maximum atomic E-state index is 5.15. The molecule has 0 aliphatic heterocycles. The van der Waals surface area contributed by atoms with Crippen molar-refractivity contribution in [2.75, 3.05) is 0 Å². The molecule has 0 aromatic heterocycles. The van der Waals surface area contributed by atoms with Gasteiger partial charge in [-0.05, 0) is 27.7 Å². The maximum Gasteiger partial charge on any atom is 0.0989 e. The van der Waals surface area contributed by atoms with Crippen molar-refractivity contribution < 1.29 is 4.74 Å². The van der Waals surface area contributed by atoms with Crippen LogP contribution in [0.25, 0.3) is 0 Å². The molecule has 74 valence electrons. The molecule has 0 atom stereocenters. The van der Waals surface area contributed by atoms with E-state index in [0.717, 1.165) is 0 Å². The minimum absolute atomic E-state index is 0.269. The van der Waals surface area contributed by atoms with Gasteiger partial charge in [-0.15, -0.1) is 0 Å². The Bertz CT molecular complexity index is 86.0. The summed E-state index contributed by atoms with van der Waals surface area (Å²) < 4.78 is 5.15. The average Bonchev–Trinajstić information content (AvgIpc) is 2.02. The Morgan fingerprint density at radius 1 is 1.08 bits per heavy atom. The van der Waals surface area contributed by atoms with Gasteiger partial charge in [-0.25, -0.2) is 0 Å². The topological polar surface area (TPSA) is 21.3 Å². The number of nitrogens with one attached hydrogen (secondary N) is 1. The van der Waals surface area contributed by atoms with Crippen molar-refractivity contribution in [3.05, 3.63) is 12.5 Å². The normalized spacial score (nSPS) is 10.0. The Morgan fingerprint density at radius 2 is 1.58 bits per heavy atom. The summed E-state index contributed by atoms with van der Waals surface area (Å²) in [6.45, 7) is 12.2. The van der Waals surface area contributed by atoms with E-state index in [1.54, 1.807) is 6.26 Å². The summed E-state index contributed by atoms with van der Waals surface area (Å²) in [5.74, 6) is 0. The number of ether oxygens (including phenoxy) is 1. The number of hydrogen-bond donors (Lipinski definition) is 1. The molecule has 0 amide bonds. The Kier molecular flexibility index (Phi) is 12.0. The second kappa shape index (κ2) is 10.3. The minimum atomic E-state index is 0.269. The lowest BCUT2D eigenvalue weighted by Crippen LogP contribution is -2.15. The van der Waals surface area contributed by atoms with Gasteiger partial charge in [0.15, 0.2) is 0 Å². The fourth-order valence-corrected chi connectivity index (χ4v) is 0.428. The van der Waals surface area contributed by atoms with Gasteiger partial charge in [0.25, 0.3) is 0 Å². The molecular formula is C10H23NO. The van der Waals surface area contributed by atoms with Gasteiger partial charge >= 0.3 is 0 Å². The van der Waals surface area contributed by atoms with Crippen LogP contribution >= 0.6 is 0 Å². The van der Waals surface area contributed by atoms with Crippen molar-refractivity contribution in [2.45, 2.75) is 53.7 Å². The average molecular weight is 173 g/mol. The van der Waals surface area contributed by atoms with E-state index in [1.807, 2.05) is 33.9 Å². The molecule has 0 aliphatic rings. The van der Waals surface area contributed by atoms with Crippen LogP contribution in [0.1, 0.15) is 41.5 Å². The molecule has 1 N–H and O–H groups in total. The second-order valence-corrected chi connectivity index (χ2v) is 2.81. The van der Waals surface area contributed by atoms with E-state index in [9.17, 15) is 0 Å². The molecule has 0 unspecified atom stereocenters. The SMILES string of the molecule is CC.CC(C)NC=COC(C)C. The molecule has 0 aromatic rings. The highest BCUT2D eigenvalue weighted by Gasteiger charge is 1.86. The van der Waals surface area contributed by atoms with Crippen LogP contribution in [0, 0.1) is 0 Å². The molecule has 0 radical (unpaired) electrons. The van der Waals surface area contributed by atoms with Crippen molar-refractivity contribution >= 4 is 0 Å². The zero-order valence-electron chi connectivity index (χ0n) is 9.22. The fraction of sp³-hybridized carbons (Fsp3) is 0.800. The lowest BCUT2D eigenvalue weighted by molar-refractivity contribution is 0.178. The van der Waals surface area contributed by atoms with E-state index in [-0.39, 0.29) is 6.10 Å². The van der Waals surface area contributed by atoms with Gasteiger partial charge in [0.1, 0.15) is 0 Å². The third-order valence-electron chi connectivity index (χ3n) is 0.848. The Labute approximate surface area is 77.0 Å². The van der Waals surface area contributed by atoms with Crippen molar-refractivity contribution in [3.63, 3.8) is 0 Å². The molecule has 0 bridgehead atoms. The van der Waals surface area contributed by atoms with Crippen LogP contribution in [-0.4, -0.2) is 12.1 Å². The van der Waals surface area contributed by atoms with E-state index < -0.39 is 0 Å². The van der Waals surface area contributed by atoms with Gasteiger partial charge in [-0.2, -0.15) is 0 Å². The molecule has 0 heterocycles. The first-order valence-electron chi connectivity index (χ1n) is 4.69. The first kappa shape index (κ1) is 13.9. The van der Waals surface area contributed by atoms with Gasteiger partial charge in [0, 0.05) is 12.2 Å². The van der Waals surface area contributed by atoms with Crippen LogP contribution in [-0.2, 0) is 4.74 Å². The number of hydrogen-bond acceptors (Lipinski definition) is 2. The van der Waals surface area contributed by atoms with E-state index in [0.29, 0.717) is 6.04 Å². The predicted octanol–water partition coefficient (Wildman–Crippen LogP) is 2.91. The highest BCUT2D eigenvalue weighted by molar-refractivity contribution is 4.73. The first-order valence-corrected chi connectivity index (χ1v) is 4.69. The van der Waals surface area contributed by atoms with Gasteiger partial charge < -0.3 is 10.1 Å². The molecule has 0 rings (SSSR count). The first-order chi connectivity index (χ1) is 5.63. The Balaban J connectivity index is 0. The van der Waals surface area contributed by atoms with Crippen LogP contribution in [0.3, 0.4) is 0 Å². The lowest BCUT2D eigenvalue weighted by Gasteiger charge is -2.05. The molecule has 0 saturated carbocycles. The molecule has 0 spiro atoms. The fourth-order valence-electron chi connectivity index (χ4n) is 0.428. The summed E-state index contributed by atoms with van der Waals surface area (Å²) in [6.07, 6.45) is 3.78. The lowest BCUT2D eigenvalue weighted by atomic mass is 10.4. The van der Waals surface area contributed by atoms with Gasteiger partial charge in [-0.1, -0.05) is 13.8 Å². The zero-order chi connectivity index (χ0) is 9.98. The highest BCUT2D eigenvalue weighted by atomic mass is 16.5.